The molecule has 4 rings (SSSR count). The highest BCUT2D eigenvalue weighted by Crippen LogP contribution is 2.54. The Labute approximate surface area is 215 Å². The predicted octanol–water partition coefficient (Wildman–Crippen LogP) is 7.13. The number of rotatable bonds is 8. The number of hydrogen-bond acceptors (Lipinski definition) is 4. The first kappa shape index (κ1) is 25.7. The number of carboxylic acids is 1. The number of benzene rings is 3. The quantitative estimate of drug-likeness (QED) is 0.326. The minimum absolute atomic E-state index is 0.122. The molecule has 0 unspecified atom stereocenters. The molecule has 0 saturated carbocycles. The van der Waals surface area contributed by atoms with Crippen LogP contribution in [0, 0.1) is 11.7 Å². The fourth-order valence-electron chi connectivity index (χ4n) is 4.79. The van der Waals surface area contributed by atoms with E-state index >= 15 is 0 Å². The molecule has 188 valence electrons. The smallest absolute Gasteiger partial charge is 0.341 e. The molecule has 0 aliphatic carbocycles. The minimum atomic E-state index is -1.09. The molecule has 4 atom stereocenters. The lowest BCUT2D eigenvalue weighted by Crippen LogP contribution is -2.32. The van der Waals surface area contributed by atoms with Gasteiger partial charge in [-0.05, 0) is 54.8 Å². The van der Waals surface area contributed by atoms with E-state index in [2.05, 4.69) is 6.58 Å². The molecule has 3 aromatic rings. The van der Waals surface area contributed by atoms with E-state index in [-0.39, 0.29) is 17.7 Å². The van der Waals surface area contributed by atoms with Crippen molar-refractivity contribution in [3.05, 3.63) is 106 Å². The van der Waals surface area contributed by atoms with Crippen LogP contribution in [-0.2, 0) is 9.53 Å². The van der Waals surface area contributed by atoms with E-state index in [0.717, 1.165) is 16.7 Å². The predicted molar refractivity (Wildman–Crippen MR) is 136 cm³/mol. The molecule has 1 saturated heterocycles. The number of ether oxygens (including phenoxy) is 3. The van der Waals surface area contributed by atoms with Crippen molar-refractivity contribution in [3.8, 4) is 11.5 Å². The van der Waals surface area contributed by atoms with Crippen LogP contribution in [0.4, 0.5) is 4.39 Å². The Balaban J connectivity index is 1.82. The van der Waals surface area contributed by atoms with Gasteiger partial charge in [0.25, 0.3) is 0 Å². The van der Waals surface area contributed by atoms with Gasteiger partial charge in [-0.2, -0.15) is 0 Å². The summed E-state index contributed by atoms with van der Waals surface area (Å²) in [5, 5.41) is 9.83. The summed E-state index contributed by atoms with van der Waals surface area (Å²) in [7, 11) is 1.53. The van der Waals surface area contributed by atoms with Crippen LogP contribution in [0.15, 0.2) is 78.9 Å². The SMILES string of the molecule is C=C(C)[C@H]1C[C@H](c2ccccc2Cl)[C@H](c2ccc(F)cc2)O[C@@H]1c1ccc(OC)cc1OCC(=O)O. The van der Waals surface area contributed by atoms with E-state index < -0.39 is 24.8 Å². The number of methoxy groups -OCH3 is 1. The van der Waals surface area contributed by atoms with Gasteiger partial charge in [-0.15, -0.1) is 0 Å². The Morgan fingerprint density at radius 2 is 1.83 bits per heavy atom. The van der Waals surface area contributed by atoms with E-state index in [4.69, 9.17) is 25.8 Å². The third-order valence-electron chi connectivity index (χ3n) is 6.55. The summed E-state index contributed by atoms with van der Waals surface area (Å²) in [6.45, 7) is 5.67. The van der Waals surface area contributed by atoms with E-state index in [1.54, 1.807) is 24.3 Å². The van der Waals surface area contributed by atoms with Gasteiger partial charge in [0.15, 0.2) is 6.61 Å². The molecule has 0 aromatic heterocycles. The van der Waals surface area contributed by atoms with Crippen molar-refractivity contribution in [2.45, 2.75) is 31.5 Å². The summed E-state index contributed by atoms with van der Waals surface area (Å²) in [5.74, 6) is -0.771. The summed E-state index contributed by atoms with van der Waals surface area (Å²) in [4.78, 5) is 11.2. The fourth-order valence-corrected chi connectivity index (χ4v) is 5.06. The largest absolute Gasteiger partial charge is 0.497 e. The average molecular weight is 511 g/mol. The third-order valence-corrected chi connectivity index (χ3v) is 6.89. The highest BCUT2D eigenvalue weighted by molar-refractivity contribution is 6.31. The summed E-state index contributed by atoms with van der Waals surface area (Å²) in [6.07, 6.45) is -0.276. The van der Waals surface area contributed by atoms with Crippen molar-refractivity contribution < 1.29 is 28.5 Å². The third kappa shape index (κ3) is 5.55. The Morgan fingerprint density at radius 1 is 1.11 bits per heavy atom. The molecule has 1 aliphatic heterocycles. The van der Waals surface area contributed by atoms with Crippen molar-refractivity contribution in [3.63, 3.8) is 0 Å². The van der Waals surface area contributed by atoms with Gasteiger partial charge < -0.3 is 19.3 Å². The normalized spacial score (nSPS) is 21.6. The van der Waals surface area contributed by atoms with Gasteiger partial charge in [-0.3, -0.25) is 0 Å². The lowest BCUT2D eigenvalue weighted by Gasteiger charge is -2.43. The molecule has 7 heteroatoms. The summed E-state index contributed by atoms with van der Waals surface area (Å²) in [5.41, 5.74) is 3.35. The second-order valence-corrected chi connectivity index (χ2v) is 9.34. The van der Waals surface area contributed by atoms with E-state index in [0.29, 0.717) is 28.5 Å². The number of hydrogen-bond donors (Lipinski definition) is 1. The Bertz CT molecular complexity index is 1240. The summed E-state index contributed by atoms with van der Waals surface area (Å²) >= 11 is 6.62. The standard InChI is InChI=1S/C29H28ClFO5/c1-17(2)23-15-24(21-6-4-5-7-25(21)30)28(18-8-10-19(31)11-9-18)36-29(23)22-13-12-20(34-3)14-26(22)35-16-27(32)33/h4-14,23-24,28-29H,1,15-16H2,2-3H3,(H,32,33)/t23-,24-,28+,29-/m1/s1. The molecule has 36 heavy (non-hydrogen) atoms. The number of aliphatic carboxylic acids is 1. The van der Waals surface area contributed by atoms with Crippen molar-refractivity contribution in [1.29, 1.82) is 0 Å². The van der Waals surface area contributed by atoms with Gasteiger partial charge in [0.1, 0.15) is 17.3 Å². The van der Waals surface area contributed by atoms with Crippen LogP contribution < -0.4 is 9.47 Å². The number of halogens is 2. The first-order chi connectivity index (χ1) is 17.3. The maximum Gasteiger partial charge on any atom is 0.341 e. The van der Waals surface area contributed by atoms with Crippen LogP contribution in [0.25, 0.3) is 0 Å². The maximum absolute atomic E-state index is 13.8. The van der Waals surface area contributed by atoms with Crippen LogP contribution in [0.1, 0.15) is 48.2 Å². The molecule has 1 N–H and O–H groups in total. The molecule has 5 nitrogen and oxygen atoms in total. The van der Waals surface area contributed by atoms with E-state index in [1.807, 2.05) is 37.3 Å². The summed E-state index contributed by atoms with van der Waals surface area (Å²) in [6, 6.07) is 19.2. The van der Waals surface area contributed by atoms with Gasteiger partial charge in [-0.25, -0.2) is 9.18 Å². The van der Waals surface area contributed by atoms with Gasteiger partial charge in [0, 0.05) is 28.5 Å². The topological polar surface area (TPSA) is 65.0 Å². The molecule has 0 bridgehead atoms. The second kappa shape index (κ2) is 11.1. The first-order valence-corrected chi connectivity index (χ1v) is 12.0. The molecular formula is C29H28ClFO5. The molecule has 1 heterocycles. The van der Waals surface area contributed by atoms with Gasteiger partial charge in [0.05, 0.1) is 19.3 Å². The monoisotopic (exact) mass is 510 g/mol. The Hall–Kier alpha value is -3.35. The van der Waals surface area contributed by atoms with E-state index in [9.17, 15) is 14.3 Å². The Morgan fingerprint density at radius 3 is 2.47 bits per heavy atom. The molecule has 0 radical (unpaired) electrons. The maximum atomic E-state index is 13.8. The van der Waals surface area contributed by atoms with Crippen molar-refractivity contribution >= 4 is 17.6 Å². The minimum Gasteiger partial charge on any atom is -0.497 e. The molecule has 1 aliphatic rings. The molecule has 3 aromatic carbocycles. The van der Waals surface area contributed by atoms with Gasteiger partial charge in [0.2, 0.25) is 0 Å². The highest BCUT2D eigenvalue weighted by Gasteiger charge is 2.42. The second-order valence-electron chi connectivity index (χ2n) is 8.93. The fraction of sp³-hybridized carbons (Fsp3) is 0.276. The van der Waals surface area contributed by atoms with Crippen molar-refractivity contribution in [2.75, 3.05) is 13.7 Å². The molecular weight excluding hydrogens is 483 g/mol. The van der Waals surface area contributed by atoms with Crippen LogP contribution in [0.5, 0.6) is 11.5 Å². The molecule has 0 spiro atoms. The lowest BCUT2D eigenvalue weighted by molar-refractivity contribution is -0.139. The lowest BCUT2D eigenvalue weighted by atomic mass is 9.74. The van der Waals surface area contributed by atoms with Crippen LogP contribution >= 0.6 is 11.6 Å². The zero-order valence-corrected chi connectivity index (χ0v) is 20.9. The van der Waals surface area contributed by atoms with Gasteiger partial charge >= 0.3 is 5.97 Å². The molecule has 0 amide bonds. The summed E-state index contributed by atoms with van der Waals surface area (Å²) < 4.78 is 31.6. The van der Waals surface area contributed by atoms with Crippen LogP contribution in [0.2, 0.25) is 5.02 Å². The Kier molecular flexibility index (Phi) is 7.97. The highest BCUT2D eigenvalue weighted by atomic mass is 35.5. The first-order valence-electron chi connectivity index (χ1n) is 11.6. The van der Waals surface area contributed by atoms with Crippen molar-refractivity contribution in [2.24, 2.45) is 5.92 Å². The van der Waals surface area contributed by atoms with Crippen LogP contribution in [0.3, 0.4) is 0 Å². The number of carboxylic acid groups (broad SMARTS) is 1. The van der Waals surface area contributed by atoms with E-state index in [1.165, 1.54) is 19.2 Å². The van der Waals surface area contributed by atoms with Crippen LogP contribution in [-0.4, -0.2) is 24.8 Å². The van der Waals surface area contributed by atoms with Crippen molar-refractivity contribution in [1.82, 2.24) is 0 Å². The molecule has 1 fully saturated rings. The zero-order chi connectivity index (χ0) is 25.8. The average Bonchev–Trinajstić information content (AvgIpc) is 2.87. The number of carbonyl (C=O) groups is 1. The zero-order valence-electron chi connectivity index (χ0n) is 20.1. The van der Waals surface area contributed by atoms with Gasteiger partial charge in [-0.1, -0.05) is 54.1 Å².